The third-order valence-electron chi connectivity index (χ3n) is 11.9. The van der Waals surface area contributed by atoms with Crippen LogP contribution >= 0.6 is 0 Å². The summed E-state index contributed by atoms with van der Waals surface area (Å²) in [5, 5.41) is 0. The molecule has 0 aliphatic heterocycles. The van der Waals surface area contributed by atoms with Gasteiger partial charge in [0.1, 0.15) is 13.2 Å². The third-order valence-corrected chi connectivity index (χ3v) is 11.9. The number of rotatable bonds is 49. The van der Waals surface area contributed by atoms with Gasteiger partial charge in [-0.1, -0.05) is 250 Å². The predicted octanol–water partition coefficient (Wildman–Crippen LogP) is 17.7. The van der Waals surface area contributed by atoms with Crippen LogP contribution in [0.4, 0.5) is 0 Å². The van der Waals surface area contributed by atoms with Gasteiger partial charge in [-0.25, -0.2) is 0 Å². The first-order chi connectivity index (χ1) is 30.5. The smallest absolute Gasteiger partial charge is 0.306 e. The summed E-state index contributed by atoms with van der Waals surface area (Å²) in [6.07, 6.45) is 59.9. The lowest BCUT2D eigenvalue weighted by Crippen LogP contribution is -2.30. The zero-order chi connectivity index (χ0) is 45.1. The lowest BCUT2D eigenvalue weighted by molar-refractivity contribution is -0.167. The summed E-state index contributed by atoms with van der Waals surface area (Å²) in [6.45, 7) is 6.54. The van der Waals surface area contributed by atoms with Crippen LogP contribution in [0.25, 0.3) is 0 Å². The second kappa shape index (κ2) is 51.3. The van der Waals surface area contributed by atoms with E-state index in [1.54, 1.807) is 0 Å². The fraction of sp³-hybridized carbons (Fsp3) is 0.839. The predicted molar refractivity (Wildman–Crippen MR) is 266 cm³/mol. The molecule has 0 spiro atoms. The highest BCUT2D eigenvalue weighted by molar-refractivity contribution is 5.71. The molecular weight excluding hydrogens is 769 g/mol. The monoisotopic (exact) mass is 871 g/mol. The van der Waals surface area contributed by atoms with Crippen molar-refractivity contribution in [2.75, 3.05) is 13.2 Å². The van der Waals surface area contributed by atoms with Crippen LogP contribution < -0.4 is 0 Å². The molecule has 362 valence electrons. The maximum absolute atomic E-state index is 12.8. The molecule has 0 heterocycles. The largest absolute Gasteiger partial charge is 0.462 e. The Bertz CT molecular complexity index is 1050. The van der Waals surface area contributed by atoms with Crippen LogP contribution in [0.2, 0.25) is 0 Å². The average molecular weight is 871 g/mol. The molecule has 6 nitrogen and oxygen atoms in total. The van der Waals surface area contributed by atoms with Crippen LogP contribution in [0.5, 0.6) is 0 Å². The first kappa shape index (κ1) is 59.6. The molecule has 0 aromatic heterocycles. The minimum Gasteiger partial charge on any atom is -0.462 e. The number of allylic oxidation sites excluding steroid dienone is 6. The van der Waals surface area contributed by atoms with Gasteiger partial charge < -0.3 is 14.2 Å². The van der Waals surface area contributed by atoms with E-state index in [1.165, 1.54) is 148 Å². The van der Waals surface area contributed by atoms with E-state index in [-0.39, 0.29) is 31.1 Å². The molecule has 0 radical (unpaired) electrons. The van der Waals surface area contributed by atoms with Crippen LogP contribution in [0.3, 0.4) is 0 Å². The summed E-state index contributed by atoms with van der Waals surface area (Å²) in [5.41, 5.74) is 0. The van der Waals surface area contributed by atoms with Crippen LogP contribution in [0, 0.1) is 0 Å². The molecule has 0 fully saturated rings. The highest BCUT2D eigenvalue weighted by Gasteiger charge is 2.19. The first-order valence-corrected chi connectivity index (χ1v) is 27.0. The summed E-state index contributed by atoms with van der Waals surface area (Å²) < 4.78 is 16.8. The number of carbonyl (C=O) groups excluding carboxylic acids is 3. The molecule has 0 amide bonds. The molecule has 0 rings (SSSR count). The molecule has 6 heteroatoms. The van der Waals surface area contributed by atoms with Crippen LogP contribution in [-0.2, 0) is 28.6 Å². The molecule has 0 saturated carbocycles. The summed E-state index contributed by atoms with van der Waals surface area (Å²) in [5.74, 6) is -0.878. The summed E-state index contributed by atoms with van der Waals surface area (Å²) >= 11 is 0. The standard InChI is InChI=1S/C56H102O6/c1-4-7-10-13-16-19-22-24-26-27-28-30-31-34-37-40-43-46-49-55(58)61-52-53(51-60-54(57)48-45-42-39-36-33-21-18-15-12-9-6-3)62-56(59)50-47-44-41-38-35-32-29-25-23-20-17-14-11-8-5-2/h8,11,17,20,25,29,53H,4-7,9-10,12-16,18-19,21-24,26-28,30-52H2,1-3H3/b11-8-,20-17-,29-25-. The van der Waals surface area contributed by atoms with E-state index in [2.05, 4.69) is 57.2 Å². The Hall–Kier alpha value is -2.37. The molecule has 0 aliphatic rings. The van der Waals surface area contributed by atoms with Gasteiger partial charge in [0.25, 0.3) is 0 Å². The van der Waals surface area contributed by atoms with Crippen LogP contribution in [0.15, 0.2) is 36.5 Å². The molecule has 0 aromatic carbocycles. The molecule has 0 bridgehead atoms. The Labute approximate surface area is 385 Å². The zero-order valence-corrected chi connectivity index (χ0v) is 41.4. The topological polar surface area (TPSA) is 78.9 Å². The highest BCUT2D eigenvalue weighted by atomic mass is 16.6. The van der Waals surface area contributed by atoms with Crippen molar-refractivity contribution in [1.82, 2.24) is 0 Å². The second-order valence-corrected chi connectivity index (χ2v) is 18.1. The maximum atomic E-state index is 12.8. The van der Waals surface area contributed by atoms with Gasteiger partial charge in [0, 0.05) is 19.3 Å². The fourth-order valence-corrected chi connectivity index (χ4v) is 7.87. The van der Waals surface area contributed by atoms with Gasteiger partial charge in [0.05, 0.1) is 0 Å². The van der Waals surface area contributed by atoms with Gasteiger partial charge >= 0.3 is 17.9 Å². The van der Waals surface area contributed by atoms with Crippen molar-refractivity contribution >= 4 is 17.9 Å². The lowest BCUT2D eigenvalue weighted by atomic mass is 10.0. The van der Waals surface area contributed by atoms with Gasteiger partial charge in [-0.2, -0.15) is 0 Å². The van der Waals surface area contributed by atoms with Gasteiger partial charge in [-0.05, 0) is 51.4 Å². The maximum Gasteiger partial charge on any atom is 0.306 e. The second-order valence-electron chi connectivity index (χ2n) is 18.1. The molecule has 62 heavy (non-hydrogen) atoms. The first-order valence-electron chi connectivity index (χ1n) is 27.0. The van der Waals surface area contributed by atoms with Crippen molar-refractivity contribution in [3.8, 4) is 0 Å². The van der Waals surface area contributed by atoms with E-state index in [9.17, 15) is 14.4 Å². The normalized spacial score (nSPS) is 12.2. The molecule has 1 unspecified atom stereocenters. The summed E-state index contributed by atoms with van der Waals surface area (Å²) in [4.78, 5) is 38.0. The summed E-state index contributed by atoms with van der Waals surface area (Å²) in [6, 6.07) is 0. The Morgan fingerprint density at radius 2 is 0.629 bits per heavy atom. The Morgan fingerprint density at radius 1 is 0.339 bits per heavy atom. The van der Waals surface area contributed by atoms with E-state index in [0.717, 1.165) is 96.3 Å². The van der Waals surface area contributed by atoms with Crippen molar-refractivity contribution in [2.45, 2.75) is 290 Å². The minimum atomic E-state index is -0.775. The number of hydrogen-bond donors (Lipinski definition) is 0. The van der Waals surface area contributed by atoms with Gasteiger partial charge in [-0.3, -0.25) is 14.4 Å². The van der Waals surface area contributed by atoms with Crippen LogP contribution in [0.1, 0.15) is 284 Å². The average Bonchev–Trinajstić information content (AvgIpc) is 3.27. The number of ether oxygens (including phenoxy) is 3. The summed E-state index contributed by atoms with van der Waals surface area (Å²) in [7, 11) is 0. The zero-order valence-electron chi connectivity index (χ0n) is 41.4. The Kier molecular flexibility index (Phi) is 49.3. The van der Waals surface area contributed by atoms with Crippen molar-refractivity contribution < 1.29 is 28.6 Å². The number of unbranched alkanes of at least 4 members (excludes halogenated alkanes) is 32. The molecule has 0 saturated heterocycles. The molecule has 1 atom stereocenters. The molecule has 0 aromatic rings. The van der Waals surface area contributed by atoms with Crippen LogP contribution in [-0.4, -0.2) is 37.2 Å². The number of carbonyl (C=O) groups is 3. The fourth-order valence-electron chi connectivity index (χ4n) is 7.87. The Balaban J connectivity index is 4.32. The van der Waals surface area contributed by atoms with E-state index in [1.807, 2.05) is 0 Å². The van der Waals surface area contributed by atoms with Gasteiger partial charge in [0.2, 0.25) is 0 Å². The van der Waals surface area contributed by atoms with Crippen molar-refractivity contribution in [3.05, 3.63) is 36.5 Å². The molecule has 0 N–H and O–H groups in total. The third kappa shape index (κ3) is 48.7. The number of esters is 3. The van der Waals surface area contributed by atoms with E-state index < -0.39 is 6.10 Å². The van der Waals surface area contributed by atoms with Crippen molar-refractivity contribution in [3.63, 3.8) is 0 Å². The lowest BCUT2D eigenvalue weighted by Gasteiger charge is -2.18. The van der Waals surface area contributed by atoms with Crippen molar-refractivity contribution in [2.24, 2.45) is 0 Å². The van der Waals surface area contributed by atoms with E-state index >= 15 is 0 Å². The number of hydrogen-bond acceptors (Lipinski definition) is 6. The van der Waals surface area contributed by atoms with E-state index in [0.29, 0.717) is 19.3 Å². The van der Waals surface area contributed by atoms with Gasteiger partial charge in [0.15, 0.2) is 6.10 Å². The molecule has 0 aliphatic carbocycles. The van der Waals surface area contributed by atoms with Crippen molar-refractivity contribution in [1.29, 1.82) is 0 Å². The van der Waals surface area contributed by atoms with E-state index in [4.69, 9.17) is 14.2 Å². The quantitative estimate of drug-likeness (QED) is 0.0262. The SMILES string of the molecule is CC/C=C\C/C=C\C/C=C\CCCCCCCC(=O)OC(COC(=O)CCCCCCCCCCCCC)COC(=O)CCCCCCCCCCCCCCCCCCCC. The highest BCUT2D eigenvalue weighted by Crippen LogP contribution is 2.16. The van der Waals surface area contributed by atoms with Gasteiger partial charge in [-0.15, -0.1) is 0 Å². The minimum absolute atomic E-state index is 0.0748. The molecular formula is C56H102O6. The Morgan fingerprint density at radius 3 is 0.984 bits per heavy atom.